The first-order chi connectivity index (χ1) is 12.8. The average Bonchev–Trinajstić information content (AvgIpc) is 3.04. The van der Waals surface area contributed by atoms with Crippen LogP contribution in [0.25, 0.3) is 0 Å². The maximum Gasteiger partial charge on any atom is 0.339 e. The van der Waals surface area contributed by atoms with Gasteiger partial charge in [0, 0.05) is 11.8 Å². The molecule has 2 heterocycles. The van der Waals surface area contributed by atoms with Crippen LogP contribution in [0.2, 0.25) is 0 Å². The van der Waals surface area contributed by atoms with Crippen molar-refractivity contribution in [2.24, 2.45) is 10.1 Å². The molecule has 0 radical (unpaired) electrons. The maximum absolute atomic E-state index is 12.9. The highest BCUT2D eigenvalue weighted by Gasteiger charge is 2.40. The summed E-state index contributed by atoms with van der Waals surface area (Å²) in [5.41, 5.74) is -1.14. The third kappa shape index (κ3) is 5.12. The summed E-state index contributed by atoms with van der Waals surface area (Å²) in [6.45, 7) is 7.58. The molecular formula is C18H25N3O5S. The summed E-state index contributed by atoms with van der Waals surface area (Å²) in [7, 11) is 0. The van der Waals surface area contributed by atoms with Crippen LogP contribution in [0.1, 0.15) is 52.3 Å². The second kappa shape index (κ2) is 9.07. The highest BCUT2D eigenvalue weighted by molar-refractivity contribution is 8.16. The number of amides is 1. The van der Waals surface area contributed by atoms with Gasteiger partial charge in [0.25, 0.3) is 0 Å². The molecule has 148 valence electrons. The van der Waals surface area contributed by atoms with Crippen LogP contribution in [0.5, 0.6) is 5.75 Å². The third-order valence-corrected chi connectivity index (χ3v) is 5.45. The molecule has 1 amide bonds. The Bertz CT molecular complexity index is 804. The summed E-state index contributed by atoms with van der Waals surface area (Å²) in [5, 5.41) is 15.5. The molecule has 0 aliphatic carbocycles. The van der Waals surface area contributed by atoms with Crippen molar-refractivity contribution in [3.8, 4) is 5.75 Å². The number of nitrogens with one attached hydrogen (secondary N) is 1. The highest BCUT2D eigenvalue weighted by atomic mass is 32.2. The van der Waals surface area contributed by atoms with Crippen LogP contribution in [0, 0.1) is 0 Å². The Kier molecular flexibility index (Phi) is 7.06. The molecule has 2 rings (SSSR count). The smallest absolute Gasteiger partial charge is 0.339 e. The SMILES string of the molecule is CCC[C@@H](NC(=O)C1(C)CSC(/C(C)=N/O)=N1)c1cc(OCC)cc(=O)o1. The van der Waals surface area contributed by atoms with E-state index in [1.54, 1.807) is 19.9 Å². The van der Waals surface area contributed by atoms with Gasteiger partial charge in [0.15, 0.2) is 0 Å². The molecule has 2 N–H and O–H groups in total. The van der Waals surface area contributed by atoms with Crippen molar-refractivity contribution < 1.29 is 19.2 Å². The lowest BCUT2D eigenvalue weighted by Gasteiger charge is -2.24. The molecule has 0 aromatic carbocycles. The first kappa shape index (κ1) is 21.0. The number of ether oxygens (including phenoxy) is 1. The Balaban J connectivity index is 2.25. The van der Waals surface area contributed by atoms with Crippen molar-refractivity contribution in [2.45, 2.75) is 52.1 Å². The van der Waals surface area contributed by atoms with E-state index in [1.165, 1.54) is 17.8 Å². The molecule has 0 bridgehead atoms. The van der Waals surface area contributed by atoms with Crippen molar-refractivity contribution >= 4 is 28.4 Å². The summed E-state index contributed by atoms with van der Waals surface area (Å²) in [4.78, 5) is 29.1. The number of rotatable bonds is 8. The molecule has 1 aliphatic heterocycles. The van der Waals surface area contributed by atoms with Gasteiger partial charge in [-0.15, -0.1) is 11.8 Å². The van der Waals surface area contributed by atoms with Crippen LogP contribution in [0.15, 0.2) is 31.5 Å². The van der Waals surface area contributed by atoms with Crippen LogP contribution < -0.4 is 15.7 Å². The van der Waals surface area contributed by atoms with Gasteiger partial charge in [-0.3, -0.25) is 9.79 Å². The van der Waals surface area contributed by atoms with Gasteiger partial charge >= 0.3 is 5.63 Å². The molecule has 1 unspecified atom stereocenters. The summed E-state index contributed by atoms with van der Waals surface area (Å²) in [6.07, 6.45) is 1.38. The first-order valence-corrected chi connectivity index (χ1v) is 9.82. The van der Waals surface area contributed by atoms with Gasteiger partial charge in [-0.25, -0.2) is 4.79 Å². The second-order valence-electron chi connectivity index (χ2n) is 6.43. The number of thioether (sulfide) groups is 1. The van der Waals surface area contributed by atoms with Crippen LogP contribution >= 0.6 is 11.8 Å². The largest absolute Gasteiger partial charge is 0.493 e. The van der Waals surface area contributed by atoms with E-state index in [1.807, 2.05) is 13.8 Å². The quantitative estimate of drug-likeness (QED) is 0.397. The van der Waals surface area contributed by atoms with E-state index in [0.717, 1.165) is 6.42 Å². The lowest BCUT2D eigenvalue weighted by Crippen LogP contribution is -2.45. The summed E-state index contributed by atoms with van der Waals surface area (Å²) >= 11 is 1.36. The molecule has 9 heteroatoms. The van der Waals surface area contributed by atoms with E-state index in [9.17, 15) is 9.59 Å². The van der Waals surface area contributed by atoms with Crippen LogP contribution in [-0.4, -0.2) is 39.8 Å². The molecule has 0 spiro atoms. The van der Waals surface area contributed by atoms with Gasteiger partial charge in [0.2, 0.25) is 5.91 Å². The van der Waals surface area contributed by atoms with Crippen LogP contribution in [-0.2, 0) is 4.79 Å². The monoisotopic (exact) mass is 395 g/mol. The molecule has 0 saturated carbocycles. The maximum atomic E-state index is 12.9. The van der Waals surface area contributed by atoms with Gasteiger partial charge in [-0.1, -0.05) is 18.5 Å². The Morgan fingerprint density at radius 1 is 1.52 bits per heavy atom. The molecule has 1 aromatic heterocycles. The van der Waals surface area contributed by atoms with Gasteiger partial charge in [-0.2, -0.15) is 0 Å². The van der Waals surface area contributed by atoms with Crippen molar-refractivity contribution in [1.29, 1.82) is 0 Å². The zero-order valence-electron chi connectivity index (χ0n) is 15.9. The van der Waals surface area contributed by atoms with Gasteiger partial charge < -0.3 is 19.7 Å². The number of carbonyl (C=O) groups excluding carboxylic acids is 1. The highest BCUT2D eigenvalue weighted by Crippen LogP contribution is 2.30. The third-order valence-electron chi connectivity index (χ3n) is 4.09. The molecule has 0 fully saturated rings. The number of hydrogen-bond acceptors (Lipinski definition) is 8. The fraction of sp³-hybridized carbons (Fsp3) is 0.556. The molecule has 1 aliphatic rings. The standard InChI is InChI=1S/C18H25N3O5S/c1-5-7-13(14-8-12(25-6-2)9-15(22)26-14)19-17(23)18(4)10-27-16(20-18)11(3)21-24/h8-9,13,24H,5-7,10H2,1-4H3,(H,19,23)/b21-11+/t13-,18?/m1/s1. The molecule has 2 atom stereocenters. The van der Waals surface area contributed by atoms with E-state index in [0.29, 0.717) is 41.0 Å². The van der Waals surface area contributed by atoms with E-state index in [4.69, 9.17) is 14.4 Å². The minimum atomic E-state index is -0.990. The van der Waals surface area contributed by atoms with Crippen molar-refractivity contribution in [3.63, 3.8) is 0 Å². The Morgan fingerprint density at radius 2 is 2.26 bits per heavy atom. The summed E-state index contributed by atoms with van der Waals surface area (Å²) < 4.78 is 10.7. The zero-order valence-corrected chi connectivity index (χ0v) is 16.8. The number of carbonyl (C=O) groups is 1. The van der Waals surface area contributed by atoms with Crippen molar-refractivity contribution in [1.82, 2.24) is 5.32 Å². The Labute approximate surface area is 162 Å². The van der Waals surface area contributed by atoms with E-state index in [-0.39, 0.29) is 5.91 Å². The molecule has 1 aromatic rings. The van der Waals surface area contributed by atoms with Crippen molar-refractivity contribution in [2.75, 3.05) is 12.4 Å². The predicted octanol–water partition coefficient (Wildman–Crippen LogP) is 2.75. The van der Waals surface area contributed by atoms with E-state index >= 15 is 0 Å². The zero-order chi connectivity index (χ0) is 20.0. The van der Waals surface area contributed by atoms with E-state index < -0.39 is 17.2 Å². The molecule has 27 heavy (non-hydrogen) atoms. The fourth-order valence-electron chi connectivity index (χ4n) is 2.62. The topological polar surface area (TPSA) is 113 Å². The van der Waals surface area contributed by atoms with Crippen LogP contribution in [0.3, 0.4) is 0 Å². The second-order valence-corrected chi connectivity index (χ2v) is 7.39. The fourth-order valence-corrected chi connectivity index (χ4v) is 3.75. The Morgan fingerprint density at radius 3 is 2.89 bits per heavy atom. The summed E-state index contributed by atoms with van der Waals surface area (Å²) in [5.74, 6) is 0.922. The number of hydrogen-bond donors (Lipinski definition) is 2. The van der Waals surface area contributed by atoms with Gasteiger partial charge in [0.1, 0.15) is 27.8 Å². The summed E-state index contributed by atoms with van der Waals surface area (Å²) in [6, 6.07) is 2.44. The number of aliphatic imine (C=N–C) groups is 1. The first-order valence-electron chi connectivity index (χ1n) is 8.83. The molecular weight excluding hydrogens is 370 g/mol. The average molecular weight is 395 g/mol. The lowest BCUT2D eigenvalue weighted by atomic mass is 10.0. The molecule has 8 nitrogen and oxygen atoms in total. The van der Waals surface area contributed by atoms with E-state index in [2.05, 4.69) is 15.5 Å². The Hall–Kier alpha value is -2.29. The van der Waals surface area contributed by atoms with Gasteiger partial charge in [-0.05, 0) is 27.2 Å². The van der Waals surface area contributed by atoms with Gasteiger partial charge in [0.05, 0.1) is 18.7 Å². The number of oxime groups is 1. The lowest BCUT2D eigenvalue weighted by molar-refractivity contribution is -0.125. The van der Waals surface area contributed by atoms with Crippen LogP contribution in [0.4, 0.5) is 0 Å². The molecule has 0 saturated heterocycles. The number of nitrogens with zero attached hydrogens (tertiary/aromatic N) is 2. The normalized spacial score (nSPS) is 20.9. The minimum absolute atomic E-state index is 0.279. The minimum Gasteiger partial charge on any atom is -0.493 e. The predicted molar refractivity (Wildman–Crippen MR) is 105 cm³/mol. The van der Waals surface area contributed by atoms with Crippen molar-refractivity contribution in [3.05, 3.63) is 28.3 Å².